The summed E-state index contributed by atoms with van der Waals surface area (Å²) in [6.45, 7) is 22.9. The predicted octanol–water partition coefficient (Wildman–Crippen LogP) is 2.22. The lowest BCUT2D eigenvalue weighted by molar-refractivity contribution is -0.143. The Bertz CT molecular complexity index is 3270. The van der Waals surface area contributed by atoms with E-state index in [0.29, 0.717) is 95.0 Å². The summed E-state index contributed by atoms with van der Waals surface area (Å²) >= 11 is 0. The number of carbonyl (C=O) groups is 13. The molecule has 31 heteroatoms. The molecular weight excluding hydrogens is 1430 g/mol. The van der Waals surface area contributed by atoms with Crippen LogP contribution in [0.15, 0.2) is 60.7 Å². The van der Waals surface area contributed by atoms with Gasteiger partial charge in [-0.05, 0) is 182 Å². The van der Waals surface area contributed by atoms with Crippen LogP contribution < -0.4 is 87.2 Å². The summed E-state index contributed by atoms with van der Waals surface area (Å²) in [6.07, 6.45) is 5.76. The standard InChI is InChI=1S/C81H137N17O14/c1-48(2)42-60(90-72(102)59(35-22-26-40-85)89-71(101)58(34-21-25-39-84)88-70(100)57(33-20-24-38-83)87-69(99)56(86)32-19-23-37-82)73(103)91-61(43-49(3)4)74(104)95-65(45-51(7)8)80(110)98-41-27-36-66(98)78(108)93-63(46-54-28-15-13-16-29-54)75(105)92-62(44-50(5)6)76(106)96-67(52(9)10)79(109)94-64(47-55-30-17-14-18-31-55)77(107)97-68(53(11)12)81(111)112/h13-18,28-31,48-53,56-68H,19-27,32-47,82-86H2,1-12H3,(H,87,99)(H,88,100)(H,89,101)(H,90,102)(H,91,103)(H,92,105)(H,93,108)(H,94,109)(H,95,104)(H,96,106)(H,97,107)(H,111,112)/t56-,57-,58-,59-,60-,61-,62-,63-,64-,65-,66-,67-,68-/m0/s1. The molecule has 2 aromatic rings. The van der Waals surface area contributed by atoms with Crippen LogP contribution in [0.1, 0.15) is 210 Å². The molecule has 13 atom stereocenters. The van der Waals surface area contributed by atoms with E-state index in [1.165, 1.54) is 4.90 Å². The molecule has 0 saturated carbocycles. The molecule has 0 aliphatic carbocycles. The number of rotatable bonds is 54. The van der Waals surface area contributed by atoms with Gasteiger partial charge in [-0.15, -0.1) is 0 Å². The molecule has 0 unspecified atom stereocenters. The van der Waals surface area contributed by atoms with E-state index < -0.39 is 167 Å². The zero-order chi connectivity index (χ0) is 83.7. The third kappa shape index (κ3) is 35.6. The van der Waals surface area contributed by atoms with E-state index >= 15 is 4.79 Å². The first-order valence-electron chi connectivity index (χ1n) is 40.6. The van der Waals surface area contributed by atoms with Crippen LogP contribution in [-0.4, -0.2) is 198 Å². The maximum absolute atomic E-state index is 15.1. The highest BCUT2D eigenvalue weighted by Crippen LogP contribution is 2.23. The summed E-state index contributed by atoms with van der Waals surface area (Å²) in [5.74, 6) is -11.3. The molecule has 1 aliphatic rings. The van der Waals surface area contributed by atoms with E-state index in [4.69, 9.17) is 28.7 Å². The van der Waals surface area contributed by atoms with E-state index in [-0.39, 0.29) is 101 Å². The van der Waals surface area contributed by atoms with Gasteiger partial charge in [-0.2, -0.15) is 0 Å². The zero-order valence-corrected chi connectivity index (χ0v) is 68.5. The van der Waals surface area contributed by atoms with Crippen LogP contribution in [-0.2, 0) is 75.2 Å². The quantitative estimate of drug-likeness (QED) is 0.0422. The molecule has 0 bridgehead atoms. The van der Waals surface area contributed by atoms with Gasteiger partial charge in [0, 0.05) is 19.4 Å². The predicted molar refractivity (Wildman–Crippen MR) is 431 cm³/mol. The van der Waals surface area contributed by atoms with Crippen LogP contribution in [0.25, 0.3) is 0 Å². The molecule has 630 valence electrons. The molecule has 22 N–H and O–H groups in total. The first-order valence-corrected chi connectivity index (χ1v) is 40.6. The Morgan fingerprint density at radius 2 is 0.670 bits per heavy atom. The maximum Gasteiger partial charge on any atom is 0.326 e. The summed E-state index contributed by atoms with van der Waals surface area (Å²) in [7, 11) is 0. The molecule has 112 heavy (non-hydrogen) atoms. The number of aliphatic carboxylic acids is 1. The summed E-state index contributed by atoms with van der Waals surface area (Å²) in [6, 6.07) is 2.07. The number of amides is 12. The second-order valence-electron chi connectivity index (χ2n) is 32.2. The van der Waals surface area contributed by atoms with Crippen molar-refractivity contribution in [3.8, 4) is 0 Å². The highest BCUT2D eigenvalue weighted by atomic mass is 16.4. The SMILES string of the molecule is CC(C)C[C@H](NC(=O)[C@H](CCCCN)NC(=O)[C@H](CCCCN)NC(=O)[C@H](CCCCN)NC(=O)[C@@H](N)CCCCN)C(=O)N[C@@H](CC(C)C)C(=O)N[C@@H](CC(C)C)C(=O)N1CCC[C@H]1C(=O)N[C@@H](Cc1ccccc1)C(=O)N[C@@H](CC(C)C)C(=O)N[C@H](C(=O)N[C@@H](Cc1ccccc1)C(=O)N[C@H](C(=O)O)C(C)C)C(C)C. The Labute approximate surface area is 663 Å². The van der Waals surface area contributed by atoms with Crippen molar-refractivity contribution in [2.45, 2.75) is 290 Å². The molecule has 12 amide bonds. The lowest BCUT2D eigenvalue weighted by Gasteiger charge is -2.32. The molecule has 1 saturated heterocycles. The monoisotopic (exact) mass is 1570 g/mol. The van der Waals surface area contributed by atoms with Gasteiger partial charge < -0.3 is 97.2 Å². The van der Waals surface area contributed by atoms with Gasteiger partial charge in [-0.1, -0.05) is 150 Å². The van der Waals surface area contributed by atoms with Crippen molar-refractivity contribution in [2.24, 2.45) is 64.2 Å². The minimum Gasteiger partial charge on any atom is -0.480 e. The highest BCUT2D eigenvalue weighted by Gasteiger charge is 2.42. The van der Waals surface area contributed by atoms with Crippen molar-refractivity contribution >= 4 is 76.9 Å². The Morgan fingerprint density at radius 1 is 0.366 bits per heavy atom. The van der Waals surface area contributed by atoms with Crippen molar-refractivity contribution in [1.29, 1.82) is 0 Å². The van der Waals surface area contributed by atoms with Gasteiger partial charge in [-0.25, -0.2) is 4.79 Å². The van der Waals surface area contributed by atoms with Gasteiger partial charge in [0.05, 0.1) is 6.04 Å². The number of carbonyl (C=O) groups excluding carboxylic acids is 12. The fraction of sp³-hybridized carbons (Fsp3) is 0.691. The summed E-state index contributed by atoms with van der Waals surface area (Å²) in [4.78, 5) is 187. The number of carboxylic acids is 1. The number of nitrogens with two attached hydrogens (primary N) is 5. The summed E-state index contributed by atoms with van der Waals surface area (Å²) < 4.78 is 0. The number of unbranched alkanes of at least 4 members (excludes halogenated alkanes) is 4. The molecular formula is C81H137N17O14. The Hall–Kier alpha value is -8.65. The Balaban J connectivity index is 1.94. The summed E-state index contributed by atoms with van der Waals surface area (Å²) in [5, 5.41) is 40.8. The third-order valence-electron chi connectivity index (χ3n) is 19.5. The van der Waals surface area contributed by atoms with E-state index in [1.807, 2.05) is 55.4 Å². The first kappa shape index (κ1) is 97.5. The van der Waals surface area contributed by atoms with Gasteiger partial charge >= 0.3 is 5.97 Å². The van der Waals surface area contributed by atoms with Gasteiger partial charge in [0.2, 0.25) is 70.9 Å². The number of hydrogen-bond donors (Lipinski definition) is 17. The fourth-order valence-electron chi connectivity index (χ4n) is 13.3. The van der Waals surface area contributed by atoms with Crippen LogP contribution in [0.3, 0.4) is 0 Å². The van der Waals surface area contributed by atoms with Crippen LogP contribution >= 0.6 is 0 Å². The molecule has 31 nitrogen and oxygen atoms in total. The van der Waals surface area contributed by atoms with E-state index in [9.17, 15) is 62.6 Å². The van der Waals surface area contributed by atoms with Crippen LogP contribution in [0.5, 0.6) is 0 Å². The van der Waals surface area contributed by atoms with Crippen molar-refractivity contribution in [1.82, 2.24) is 63.4 Å². The molecule has 1 aliphatic heterocycles. The first-order chi connectivity index (χ1) is 53.0. The number of nitrogens with one attached hydrogen (secondary N) is 11. The average Bonchev–Trinajstić information content (AvgIpc) is 1.58. The minimum atomic E-state index is -1.32. The van der Waals surface area contributed by atoms with Gasteiger partial charge in [0.25, 0.3) is 0 Å². The number of benzene rings is 2. The van der Waals surface area contributed by atoms with Crippen LogP contribution in [0.2, 0.25) is 0 Å². The molecule has 3 rings (SSSR count). The largest absolute Gasteiger partial charge is 0.480 e. The normalized spacial score (nSPS) is 16.1. The highest BCUT2D eigenvalue weighted by molar-refractivity contribution is 6.00. The number of carboxylic acid groups (broad SMARTS) is 1. The smallest absolute Gasteiger partial charge is 0.326 e. The van der Waals surface area contributed by atoms with Crippen molar-refractivity contribution in [3.05, 3.63) is 71.8 Å². The maximum atomic E-state index is 15.1. The second kappa shape index (κ2) is 51.9. The van der Waals surface area contributed by atoms with Crippen LogP contribution in [0.4, 0.5) is 0 Å². The van der Waals surface area contributed by atoms with E-state index in [1.54, 1.807) is 88.4 Å². The minimum absolute atomic E-state index is 0.00918. The average molecular weight is 1570 g/mol. The van der Waals surface area contributed by atoms with E-state index in [0.717, 1.165) is 0 Å². The van der Waals surface area contributed by atoms with Gasteiger partial charge in [0.1, 0.15) is 72.5 Å². The molecule has 1 heterocycles. The van der Waals surface area contributed by atoms with E-state index in [2.05, 4.69) is 58.5 Å². The number of nitrogens with zero attached hydrogens (tertiary/aromatic N) is 1. The summed E-state index contributed by atoms with van der Waals surface area (Å²) in [5.41, 5.74) is 30.7. The van der Waals surface area contributed by atoms with Crippen molar-refractivity contribution < 1.29 is 67.4 Å². The third-order valence-corrected chi connectivity index (χ3v) is 19.5. The van der Waals surface area contributed by atoms with Gasteiger partial charge in [0.15, 0.2) is 0 Å². The fourth-order valence-corrected chi connectivity index (χ4v) is 13.3. The molecule has 0 aromatic heterocycles. The number of likely N-dealkylation sites (tertiary alicyclic amines) is 1. The van der Waals surface area contributed by atoms with Crippen molar-refractivity contribution in [2.75, 3.05) is 32.7 Å². The molecule has 0 spiro atoms. The Morgan fingerprint density at radius 3 is 1.04 bits per heavy atom. The second-order valence-corrected chi connectivity index (χ2v) is 32.2. The van der Waals surface area contributed by atoms with Gasteiger partial charge in [-0.3, -0.25) is 57.5 Å². The van der Waals surface area contributed by atoms with Crippen molar-refractivity contribution in [3.63, 3.8) is 0 Å². The zero-order valence-electron chi connectivity index (χ0n) is 68.5. The molecule has 0 radical (unpaired) electrons. The topological polar surface area (TPSA) is 508 Å². The lowest BCUT2D eigenvalue weighted by Crippen LogP contribution is -2.61. The van der Waals surface area contributed by atoms with Crippen LogP contribution in [0, 0.1) is 35.5 Å². The lowest BCUT2D eigenvalue weighted by atomic mass is 9.98. The Kier molecular flexibility index (Phi) is 45.2. The molecule has 1 fully saturated rings. The molecule has 2 aromatic carbocycles. The number of hydrogen-bond acceptors (Lipinski definition) is 18.